The highest BCUT2D eigenvalue weighted by Crippen LogP contribution is 2.41. The van der Waals surface area contributed by atoms with Crippen molar-refractivity contribution in [1.29, 1.82) is 0 Å². The van der Waals surface area contributed by atoms with Crippen molar-refractivity contribution >= 4 is 17.7 Å². The molecule has 1 aliphatic carbocycles. The van der Waals surface area contributed by atoms with E-state index in [4.69, 9.17) is 0 Å². The number of hydrogen-bond acceptors (Lipinski definition) is 3. The first kappa shape index (κ1) is 9.65. The van der Waals surface area contributed by atoms with E-state index in [9.17, 15) is 4.79 Å². The number of rotatable bonds is 4. The minimum Gasteiger partial charge on any atom is -0.337 e. The maximum atomic E-state index is 10.4. The van der Waals surface area contributed by atoms with Gasteiger partial charge in [0.15, 0.2) is 0 Å². The van der Waals surface area contributed by atoms with Gasteiger partial charge in [-0.3, -0.25) is 4.79 Å². The van der Waals surface area contributed by atoms with E-state index in [1.54, 1.807) is 17.7 Å². The smallest absolute Gasteiger partial charge is 0.310 e. The Kier molecular flexibility index (Phi) is 2.54. The molecular weight excluding hydrogens is 196 g/mol. The van der Waals surface area contributed by atoms with E-state index in [2.05, 4.69) is 22.6 Å². The van der Waals surface area contributed by atoms with E-state index < -0.39 is 0 Å². The maximum absolute atomic E-state index is 10.4. The van der Waals surface area contributed by atoms with Crippen LogP contribution in [0.5, 0.6) is 0 Å². The van der Waals surface area contributed by atoms with E-state index in [0.717, 1.165) is 36.4 Å². The van der Waals surface area contributed by atoms with Gasteiger partial charge in [0.1, 0.15) is 0 Å². The highest BCUT2D eigenvalue weighted by Gasteiger charge is 2.40. The van der Waals surface area contributed by atoms with Crippen molar-refractivity contribution in [2.45, 2.75) is 38.1 Å². The first-order valence-corrected chi connectivity index (χ1v) is 5.78. The molecule has 0 spiro atoms. The van der Waals surface area contributed by atoms with Gasteiger partial charge in [-0.05, 0) is 25.7 Å². The molecule has 1 heterocycles. The first-order valence-electron chi connectivity index (χ1n) is 4.90. The van der Waals surface area contributed by atoms with Crippen molar-refractivity contribution in [3.05, 3.63) is 16.1 Å². The summed E-state index contributed by atoms with van der Waals surface area (Å²) in [6.45, 7) is 2.09. The van der Waals surface area contributed by atoms with Gasteiger partial charge in [-0.25, -0.2) is 4.98 Å². The van der Waals surface area contributed by atoms with E-state index in [0.29, 0.717) is 0 Å². The van der Waals surface area contributed by atoms with Crippen LogP contribution in [0, 0.1) is 0 Å². The molecule has 14 heavy (non-hydrogen) atoms. The third-order valence-corrected chi connectivity index (χ3v) is 3.84. The van der Waals surface area contributed by atoms with Crippen molar-refractivity contribution in [1.82, 2.24) is 10.3 Å². The second-order valence-electron chi connectivity index (χ2n) is 3.64. The summed E-state index contributed by atoms with van der Waals surface area (Å²) in [5, 5.41) is 5.98. The molecular formula is C10H13N2OS. The lowest BCUT2D eigenvalue weighted by atomic mass is 9.75. The van der Waals surface area contributed by atoms with Crippen molar-refractivity contribution in [2.75, 3.05) is 0 Å². The third kappa shape index (κ3) is 1.43. The summed E-state index contributed by atoms with van der Waals surface area (Å²) in [6.07, 6.45) is 5.92. The summed E-state index contributed by atoms with van der Waals surface area (Å²) in [5.74, 6) is 0. The SMILES string of the molecule is CCc1nc(C2(N[C]=O)CCC2)cs1. The third-order valence-electron chi connectivity index (χ3n) is 2.84. The van der Waals surface area contributed by atoms with Crippen molar-refractivity contribution in [2.24, 2.45) is 0 Å². The van der Waals surface area contributed by atoms with E-state index in [1.165, 1.54) is 0 Å². The lowest BCUT2D eigenvalue weighted by Gasteiger charge is -2.39. The van der Waals surface area contributed by atoms with Crippen LogP contribution in [-0.4, -0.2) is 11.4 Å². The quantitative estimate of drug-likeness (QED) is 0.767. The van der Waals surface area contributed by atoms with Gasteiger partial charge in [0, 0.05) is 5.38 Å². The van der Waals surface area contributed by atoms with Gasteiger partial charge in [0.25, 0.3) is 0 Å². The van der Waals surface area contributed by atoms with E-state index >= 15 is 0 Å². The molecule has 75 valence electrons. The zero-order valence-corrected chi connectivity index (χ0v) is 8.99. The molecule has 0 atom stereocenters. The van der Waals surface area contributed by atoms with Crippen LogP contribution < -0.4 is 5.32 Å². The van der Waals surface area contributed by atoms with Gasteiger partial charge in [-0.1, -0.05) is 6.92 Å². The Morgan fingerprint density at radius 3 is 2.93 bits per heavy atom. The van der Waals surface area contributed by atoms with Crippen LogP contribution in [0.25, 0.3) is 0 Å². The van der Waals surface area contributed by atoms with E-state index in [1.807, 2.05) is 0 Å². The van der Waals surface area contributed by atoms with Crippen LogP contribution in [0.15, 0.2) is 5.38 Å². The lowest BCUT2D eigenvalue weighted by molar-refractivity contribution is 0.211. The summed E-state index contributed by atoms with van der Waals surface area (Å²) in [7, 11) is 0. The lowest BCUT2D eigenvalue weighted by Crippen LogP contribution is -2.47. The van der Waals surface area contributed by atoms with Crippen LogP contribution >= 0.6 is 11.3 Å². The Bertz CT molecular complexity index is 331. The minimum atomic E-state index is -0.189. The number of aromatic nitrogens is 1. The van der Waals surface area contributed by atoms with Crippen LogP contribution in [0.2, 0.25) is 0 Å². The van der Waals surface area contributed by atoms with Crippen LogP contribution in [0.4, 0.5) is 0 Å². The second-order valence-corrected chi connectivity index (χ2v) is 4.59. The number of nitrogens with zero attached hydrogens (tertiary/aromatic N) is 1. The Hall–Kier alpha value is -0.900. The summed E-state index contributed by atoms with van der Waals surface area (Å²) in [5.41, 5.74) is 0.833. The van der Waals surface area contributed by atoms with Gasteiger partial charge >= 0.3 is 6.41 Å². The number of amides is 1. The van der Waals surface area contributed by atoms with Crippen molar-refractivity contribution in [3.63, 3.8) is 0 Å². The predicted molar refractivity (Wildman–Crippen MR) is 55.9 cm³/mol. The number of hydrogen-bond donors (Lipinski definition) is 1. The van der Waals surface area contributed by atoms with Gasteiger partial charge < -0.3 is 5.32 Å². The highest BCUT2D eigenvalue weighted by atomic mass is 32.1. The normalized spacial score (nSPS) is 18.6. The zero-order chi connectivity index (χ0) is 10.0. The van der Waals surface area contributed by atoms with Gasteiger partial charge in [-0.2, -0.15) is 0 Å². The summed E-state index contributed by atoms with van der Waals surface area (Å²) >= 11 is 1.67. The Morgan fingerprint density at radius 1 is 1.71 bits per heavy atom. The van der Waals surface area contributed by atoms with Crippen LogP contribution in [0.3, 0.4) is 0 Å². The number of nitrogens with one attached hydrogen (secondary N) is 1. The molecule has 1 radical (unpaired) electrons. The van der Waals surface area contributed by atoms with Crippen molar-refractivity contribution < 1.29 is 4.79 Å². The molecule has 1 fully saturated rings. The fourth-order valence-electron chi connectivity index (χ4n) is 1.77. The Labute approximate surface area is 87.6 Å². The van der Waals surface area contributed by atoms with Gasteiger partial charge in [0.05, 0.1) is 16.2 Å². The minimum absolute atomic E-state index is 0.189. The average Bonchev–Trinajstić information content (AvgIpc) is 2.59. The second kappa shape index (κ2) is 3.69. The predicted octanol–water partition coefficient (Wildman–Crippen LogP) is 1.74. The summed E-state index contributed by atoms with van der Waals surface area (Å²) in [4.78, 5) is 14.9. The number of carbonyl (C=O) groups excluding carboxylic acids is 1. The van der Waals surface area contributed by atoms with Crippen molar-refractivity contribution in [3.8, 4) is 0 Å². The average molecular weight is 209 g/mol. The number of aryl methyl sites for hydroxylation is 1. The van der Waals surface area contributed by atoms with Gasteiger partial charge in [-0.15, -0.1) is 11.3 Å². The molecule has 2 rings (SSSR count). The molecule has 3 nitrogen and oxygen atoms in total. The number of thiazole rings is 1. The molecule has 0 bridgehead atoms. The zero-order valence-electron chi connectivity index (χ0n) is 8.17. The molecule has 0 aliphatic heterocycles. The highest BCUT2D eigenvalue weighted by molar-refractivity contribution is 7.09. The summed E-state index contributed by atoms with van der Waals surface area (Å²) < 4.78 is 0. The summed E-state index contributed by atoms with van der Waals surface area (Å²) in [6, 6.07) is 0. The largest absolute Gasteiger partial charge is 0.337 e. The monoisotopic (exact) mass is 209 g/mol. The molecule has 1 saturated carbocycles. The molecule has 4 heteroatoms. The molecule has 0 unspecified atom stereocenters. The first-order chi connectivity index (χ1) is 6.80. The molecule has 1 N–H and O–H groups in total. The Balaban J connectivity index is 2.22. The van der Waals surface area contributed by atoms with Crippen LogP contribution in [-0.2, 0) is 16.8 Å². The molecule has 1 aromatic rings. The van der Waals surface area contributed by atoms with E-state index in [-0.39, 0.29) is 5.54 Å². The molecule has 1 aromatic heterocycles. The standard InChI is InChI=1S/C10H13N2OS/c1-2-9-12-8(6-14-9)10(11-7-13)4-3-5-10/h6H,2-5H2,1H3,(H,11,13). The van der Waals surface area contributed by atoms with Gasteiger partial charge in [0.2, 0.25) is 0 Å². The van der Waals surface area contributed by atoms with Crippen LogP contribution in [0.1, 0.15) is 36.9 Å². The Morgan fingerprint density at radius 2 is 2.50 bits per heavy atom. The fourth-order valence-corrected chi connectivity index (χ4v) is 2.61. The molecule has 0 saturated heterocycles. The fraction of sp³-hybridized carbons (Fsp3) is 0.600. The molecule has 1 aliphatic rings. The molecule has 0 aromatic carbocycles. The molecule has 1 amide bonds. The maximum Gasteiger partial charge on any atom is 0.310 e. The topological polar surface area (TPSA) is 42.0 Å².